The van der Waals surface area contributed by atoms with Crippen LogP contribution >= 0.6 is 0 Å². The minimum Gasteiger partial charge on any atom is -0.352 e. The number of hydrogen-bond acceptors (Lipinski definition) is 4. The molecule has 0 saturated carbocycles. The highest BCUT2D eigenvalue weighted by atomic mass is 15.2. The third-order valence-corrected chi connectivity index (χ3v) is 5.17. The summed E-state index contributed by atoms with van der Waals surface area (Å²) in [6, 6.07) is 19.4. The number of fused-ring (bicyclic) bond motifs is 1. The van der Waals surface area contributed by atoms with E-state index in [1.165, 1.54) is 22.4 Å². The number of nitrogens with zero attached hydrogens (tertiary/aromatic N) is 4. The maximum Gasteiger partial charge on any atom is 0.138 e. The van der Waals surface area contributed by atoms with Crippen molar-refractivity contribution in [2.45, 2.75) is 33.7 Å². The summed E-state index contributed by atoms with van der Waals surface area (Å²) in [5.74, 6) is 2.79. The number of benzene rings is 2. The van der Waals surface area contributed by atoms with E-state index in [0.29, 0.717) is 0 Å². The van der Waals surface area contributed by atoms with Crippen LogP contribution in [0.3, 0.4) is 0 Å². The predicted octanol–water partition coefficient (Wildman–Crippen LogP) is 4.81. The van der Waals surface area contributed by atoms with Gasteiger partial charge in [-0.25, -0.2) is 9.97 Å². The Kier molecular flexibility index (Phi) is 4.80. The van der Waals surface area contributed by atoms with Crippen LogP contribution in [0.2, 0.25) is 0 Å². The molecule has 138 valence electrons. The molecule has 0 saturated heterocycles. The van der Waals surface area contributed by atoms with Crippen molar-refractivity contribution >= 4 is 17.3 Å². The van der Waals surface area contributed by atoms with Gasteiger partial charge in [0.15, 0.2) is 0 Å². The van der Waals surface area contributed by atoms with Crippen molar-refractivity contribution in [1.29, 1.82) is 0 Å². The van der Waals surface area contributed by atoms with Gasteiger partial charge in [-0.2, -0.15) is 0 Å². The fourth-order valence-electron chi connectivity index (χ4n) is 3.80. The smallest absolute Gasteiger partial charge is 0.138 e. The van der Waals surface area contributed by atoms with E-state index >= 15 is 0 Å². The zero-order valence-corrected chi connectivity index (χ0v) is 16.3. The van der Waals surface area contributed by atoms with Crippen LogP contribution in [-0.2, 0) is 13.0 Å². The number of aryl methyl sites for hydroxylation is 2. The van der Waals surface area contributed by atoms with Crippen molar-refractivity contribution in [2.24, 2.45) is 0 Å². The first-order valence-electron chi connectivity index (χ1n) is 9.65. The van der Waals surface area contributed by atoms with Crippen LogP contribution in [-0.4, -0.2) is 23.1 Å². The second kappa shape index (κ2) is 7.39. The van der Waals surface area contributed by atoms with E-state index in [1.807, 2.05) is 6.92 Å². The normalized spacial score (nSPS) is 13.4. The maximum absolute atomic E-state index is 4.75. The molecule has 4 nitrogen and oxygen atoms in total. The number of anilines is 3. The Morgan fingerprint density at radius 1 is 0.963 bits per heavy atom. The lowest BCUT2D eigenvalue weighted by molar-refractivity contribution is 0.716. The number of hydrogen-bond donors (Lipinski definition) is 0. The number of aromatic nitrogens is 2. The van der Waals surface area contributed by atoms with Crippen molar-refractivity contribution in [1.82, 2.24) is 9.97 Å². The second-order valence-corrected chi connectivity index (χ2v) is 7.16. The van der Waals surface area contributed by atoms with Gasteiger partial charge in [-0.05, 0) is 56.0 Å². The summed E-state index contributed by atoms with van der Waals surface area (Å²) in [6.45, 7) is 9.03. The minimum atomic E-state index is 0.812. The van der Waals surface area contributed by atoms with Gasteiger partial charge in [-0.15, -0.1) is 0 Å². The van der Waals surface area contributed by atoms with E-state index in [-0.39, 0.29) is 0 Å². The van der Waals surface area contributed by atoms with E-state index in [0.717, 1.165) is 43.5 Å². The fourth-order valence-corrected chi connectivity index (χ4v) is 3.80. The van der Waals surface area contributed by atoms with Gasteiger partial charge in [0.05, 0.1) is 0 Å². The Morgan fingerprint density at radius 3 is 2.56 bits per heavy atom. The Bertz CT molecular complexity index is 951. The predicted molar refractivity (Wildman–Crippen MR) is 112 cm³/mol. The molecular formula is C23H26N4. The first-order chi connectivity index (χ1) is 13.1. The van der Waals surface area contributed by atoms with Crippen molar-refractivity contribution in [2.75, 3.05) is 22.9 Å². The van der Waals surface area contributed by atoms with Gasteiger partial charge >= 0.3 is 0 Å². The summed E-state index contributed by atoms with van der Waals surface area (Å²) in [4.78, 5) is 14.1. The number of rotatable bonds is 4. The molecule has 0 amide bonds. The van der Waals surface area contributed by atoms with Crippen LogP contribution in [0.15, 0.2) is 54.6 Å². The standard InChI is InChI=1S/C23H26N4/c1-4-27(21-11-7-8-17(2)14-21)23-15-22(24-18(3)25-23)26-13-12-19-9-5-6-10-20(19)16-26/h5-11,14-15H,4,12-13,16H2,1-3H3. The van der Waals surface area contributed by atoms with Crippen molar-refractivity contribution < 1.29 is 0 Å². The molecule has 0 bridgehead atoms. The van der Waals surface area contributed by atoms with E-state index < -0.39 is 0 Å². The van der Waals surface area contributed by atoms with Gasteiger partial charge < -0.3 is 9.80 Å². The molecule has 2 aromatic carbocycles. The molecule has 1 aliphatic heterocycles. The summed E-state index contributed by atoms with van der Waals surface area (Å²) in [6.07, 6.45) is 1.06. The first kappa shape index (κ1) is 17.5. The first-order valence-corrected chi connectivity index (χ1v) is 9.65. The summed E-state index contributed by atoms with van der Waals surface area (Å²) in [5, 5.41) is 0. The largest absolute Gasteiger partial charge is 0.352 e. The van der Waals surface area contributed by atoms with Crippen molar-refractivity contribution in [3.8, 4) is 0 Å². The molecule has 0 spiro atoms. The van der Waals surface area contributed by atoms with Crippen molar-refractivity contribution in [3.63, 3.8) is 0 Å². The monoisotopic (exact) mass is 358 g/mol. The van der Waals surface area contributed by atoms with Crippen LogP contribution in [0.1, 0.15) is 29.4 Å². The lowest BCUT2D eigenvalue weighted by Gasteiger charge is -2.31. The molecule has 3 aromatic rings. The van der Waals surface area contributed by atoms with Gasteiger partial charge in [0.1, 0.15) is 17.5 Å². The topological polar surface area (TPSA) is 32.3 Å². The molecule has 2 heterocycles. The van der Waals surface area contributed by atoms with Gasteiger partial charge in [0, 0.05) is 31.4 Å². The summed E-state index contributed by atoms with van der Waals surface area (Å²) >= 11 is 0. The second-order valence-electron chi connectivity index (χ2n) is 7.16. The molecule has 0 N–H and O–H groups in total. The van der Waals surface area contributed by atoms with Crippen LogP contribution in [0.5, 0.6) is 0 Å². The Balaban J connectivity index is 1.67. The molecule has 4 rings (SSSR count). The highest BCUT2D eigenvalue weighted by molar-refractivity contribution is 5.63. The third kappa shape index (κ3) is 3.65. The molecule has 0 radical (unpaired) electrons. The lowest BCUT2D eigenvalue weighted by atomic mass is 10.00. The molecule has 1 aromatic heterocycles. The molecule has 0 aliphatic carbocycles. The third-order valence-electron chi connectivity index (χ3n) is 5.17. The van der Waals surface area contributed by atoms with Gasteiger partial charge in [0.25, 0.3) is 0 Å². The van der Waals surface area contributed by atoms with Crippen LogP contribution in [0.4, 0.5) is 17.3 Å². The SMILES string of the molecule is CCN(c1cccc(C)c1)c1cc(N2CCc3ccccc3C2)nc(C)n1. The van der Waals surface area contributed by atoms with Crippen LogP contribution in [0, 0.1) is 13.8 Å². The summed E-state index contributed by atoms with van der Waals surface area (Å²) in [7, 11) is 0. The van der Waals surface area contributed by atoms with Gasteiger partial charge in [-0.1, -0.05) is 36.4 Å². The van der Waals surface area contributed by atoms with E-state index in [4.69, 9.17) is 9.97 Å². The molecular weight excluding hydrogens is 332 g/mol. The highest BCUT2D eigenvalue weighted by Gasteiger charge is 2.19. The van der Waals surface area contributed by atoms with E-state index in [1.54, 1.807) is 0 Å². The molecule has 0 unspecified atom stereocenters. The average Bonchev–Trinajstić information content (AvgIpc) is 2.68. The van der Waals surface area contributed by atoms with Gasteiger partial charge in [-0.3, -0.25) is 0 Å². The minimum absolute atomic E-state index is 0.812. The fraction of sp³-hybridized carbons (Fsp3) is 0.304. The highest BCUT2D eigenvalue weighted by Crippen LogP contribution is 2.29. The molecule has 4 heteroatoms. The molecule has 0 atom stereocenters. The molecule has 27 heavy (non-hydrogen) atoms. The summed E-state index contributed by atoms with van der Waals surface area (Å²) in [5.41, 5.74) is 5.28. The average molecular weight is 358 g/mol. The summed E-state index contributed by atoms with van der Waals surface area (Å²) < 4.78 is 0. The van der Waals surface area contributed by atoms with E-state index in [9.17, 15) is 0 Å². The zero-order valence-electron chi connectivity index (χ0n) is 16.3. The Labute approximate surface area is 161 Å². The van der Waals surface area contributed by atoms with Crippen LogP contribution in [0.25, 0.3) is 0 Å². The molecule has 1 aliphatic rings. The zero-order chi connectivity index (χ0) is 18.8. The Hall–Kier alpha value is -2.88. The maximum atomic E-state index is 4.75. The lowest BCUT2D eigenvalue weighted by Crippen LogP contribution is -2.31. The Morgan fingerprint density at radius 2 is 1.78 bits per heavy atom. The van der Waals surface area contributed by atoms with Crippen molar-refractivity contribution in [3.05, 3.63) is 77.1 Å². The van der Waals surface area contributed by atoms with E-state index in [2.05, 4.69) is 78.2 Å². The van der Waals surface area contributed by atoms with Gasteiger partial charge in [0.2, 0.25) is 0 Å². The van der Waals surface area contributed by atoms with Crippen LogP contribution < -0.4 is 9.80 Å². The molecule has 0 fully saturated rings. The quantitative estimate of drug-likeness (QED) is 0.670.